The molecule has 0 radical (unpaired) electrons. The van der Waals surface area contributed by atoms with Crippen molar-refractivity contribution in [1.29, 1.82) is 0 Å². The second kappa shape index (κ2) is 8.56. The molecule has 6 heteroatoms. The lowest BCUT2D eigenvalue weighted by molar-refractivity contribution is -0.140. The number of carbonyl (C=O) groups is 2. The zero-order valence-electron chi connectivity index (χ0n) is 12.2. The second-order valence-electron chi connectivity index (χ2n) is 5.14. The van der Waals surface area contributed by atoms with Crippen molar-refractivity contribution in [2.45, 2.75) is 26.0 Å². The molecule has 0 fully saturated rings. The summed E-state index contributed by atoms with van der Waals surface area (Å²) in [4.78, 5) is 22.3. The molecule has 0 aromatic heterocycles. The van der Waals surface area contributed by atoms with Crippen molar-refractivity contribution in [3.63, 3.8) is 0 Å². The van der Waals surface area contributed by atoms with E-state index in [4.69, 9.17) is 9.84 Å². The molecular formula is C15H20O5S. The Morgan fingerprint density at radius 3 is 2.67 bits per heavy atom. The maximum Gasteiger partial charge on any atom is 0.335 e. The highest BCUT2D eigenvalue weighted by molar-refractivity contribution is 7.84. The Morgan fingerprint density at radius 1 is 1.33 bits per heavy atom. The van der Waals surface area contributed by atoms with Gasteiger partial charge in [-0.05, 0) is 30.0 Å². The number of hydrogen-bond donors (Lipinski definition) is 1. The van der Waals surface area contributed by atoms with Gasteiger partial charge in [-0.15, -0.1) is 0 Å². The Labute approximate surface area is 126 Å². The number of aromatic carboxylic acids is 1. The Kier molecular flexibility index (Phi) is 7.08. The number of carboxylic acids is 1. The lowest BCUT2D eigenvalue weighted by Crippen LogP contribution is -2.16. The Bertz CT molecular complexity index is 525. The van der Waals surface area contributed by atoms with Gasteiger partial charge in [0.05, 0.1) is 12.2 Å². The summed E-state index contributed by atoms with van der Waals surface area (Å²) < 4.78 is 16.9. The standard InChI is InChI=1S/C15H20O5S/c1-11(2)6-7-20-14(16)10-21(19)9-12-4-3-5-13(8-12)15(17)18/h3-5,8,11H,6-7,9-10H2,1-2H3,(H,17,18). The lowest BCUT2D eigenvalue weighted by Gasteiger charge is -2.07. The normalized spacial score (nSPS) is 12.1. The van der Waals surface area contributed by atoms with Crippen LogP contribution in [0.4, 0.5) is 0 Å². The maximum absolute atomic E-state index is 11.9. The summed E-state index contributed by atoms with van der Waals surface area (Å²) in [6, 6.07) is 6.21. The van der Waals surface area contributed by atoms with Crippen molar-refractivity contribution >= 4 is 22.7 Å². The quantitative estimate of drug-likeness (QED) is 0.744. The summed E-state index contributed by atoms with van der Waals surface area (Å²) in [6.07, 6.45) is 0.777. The van der Waals surface area contributed by atoms with Crippen LogP contribution in [0.1, 0.15) is 36.2 Å². The van der Waals surface area contributed by atoms with Crippen LogP contribution in [0.15, 0.2) is 24.3 Å². The van der Waals surface area contributed by atoms with Gasteiger partial charge in [0.1, 0.15) is 5.75 Å². The fourth-order valence-corrected chi connectivity index (χ4v) is 2.61. The van der Waals surface area contributed by atoms with E-state index in [0.29, 0.717) is 18.1 Å². The molecule has 0 aliphatic carbocycles. The number of benzene rings is 1. The van der Waals surface area contributed by atoms with Gasteiger partial charge in [-0.25, -0.2) is 4.79 Å². The highest BCUT2D eigenvalue weighted by atomic mass is 32.2. The van der Waals surface area contributed by atoms with E-state index >= 15 is 0 Å². The largest absolute Gasteiger partial charge is 0.478 e. The van der Waals surface area contributed by atoms with Crippen LogP contribution in [0.25, 0.3) is 0 Å². The lowest BCUT2D eigenvalue weighted by atomic mass is 10.1. The molecule has 5 nitrogen and oxygen atoms in total. The van der Waals surface area contributed by atoms with Crippen LogP contribution < -0.4 is 0 Å². The number of carboxylic acid groups (broad SMARTS) is 1. The number of rotatable bonds is 8. The molecule has 0 amide bonds. The third kappa shape index (κ3) is 7.04. The fraction of sp³-hybridized carbons (Fsp3) is 0.467. The van der Waals surface area contributed by atoms with E-state index in [2.05, 4.69) is 0 Å². The Hall–Kier alpha value is -1.69. The molecule has 1 N–H and O–H groups in total. The van der Waals surface area contributed by atoms with E-state index in [9.17, 15) is 13.8 Å². The van der Waals surface area contributed by atoms with Crippen LogP contribution in [-0.4, -0.2) is 33.6 Å². The molecule has 0 saturated carbocycles. The minimum atomic E-state index is -1.40. The molecule has 1 unspecified atom stereocenters. The maximum atomic E-state index is 11.9. The van der Waals surface area contributed by atoms with Crippen LogP contribution in [0.2, 0.25) is 0 Å². The monoisotopic (exact) mass is 312 g/mol. The molecular weight excluding hydrogens is 292 g/mol. The van der Waals surface area contributed by atoms with Gasteiger partial charge in [0.25, 0.3) is 0 Å². The highest BCUT2D eigenvalue weighted by Crippen LogP contribution is 2.08. The summed E-state index contributed by atoms with van der Waals surface area (Å²) in [5, 5.41) is 8.88. The van der Waals surface area contributed by atoms with Crippen LogP contribution in [-0.2, 0) is 26.1 Å². The van der Waals surface area contributed by atoms with Crippen LogP contribution in [0.3, 0.4) is 0 Å². The minimum absolute atomic E-state index is 0.139. The van der Waals surface area contributed by atoms with Crippen LogP contribution in [0, 0.1) is 5.92 Å². The van der Waals surface area contributed by atoms with Gasteiger partial charge < -0.3 is 9.84 Å². The van der Waals surface area contributed by atoms with Gasteiger partial charge in [0.15, 0.2) is 0 Å². The topological polar surface area (TPSA) is 80.7 Å². The average molecular weight is 312 g/mol. The molecule has 0 saturated heterocycles. The van der Waals surface area contributed by atoms with E-state index < -0.39 is 22.7 Å². The zero-order valence-corrected chi connectivity index (χ0v) is 13.0. The molecule has 0 bridgehead atoms. The molecule has 1 rings (SSSR count). The number of ether oxygens (including phenoxy) is 1. The third-order valence-corrected chi connectivity index (χ3v) is 3.95. The van der Waals surface area contributed by atoms with E-state index in [1.54, 1.807) is 12.1 Å². The van der Waals surface area contributed by atoms with Crippen molar-refractivity contribution in [3.05, 3.63) is 35.4 Å². The third-order valence-electron chi connectivity index (χ3n) is 2.74. The summed E-state index contributed by atoms with van der Waals surface area (Å²) in [7, 11) is -1.40. The molecule has 0 aliphatic rings. The predicted octanol–water partition coefficient (Wildman–Crippen LogP) is 2.22. The van der Waals surface area contributed by atoms with E-state index in [0.717, 1.165) is 6.42 Å². The molecule has 0 aliphatic heterocycles. The highest BCUT2D eigenvalue weighted by Gasteiger charge is 2.11. The summed E-state index contributed by atoms with van der Waals surface area (Å²) in [6.45, 7) is 4.39. The van der Waals surface area contributed by atoms with Gasteiger partial charge in [0, 0.05) is 16.6 Å². The summed E-state index contributed by atoms with van der Waals surface area (Å²) >= 11 is 0. The second-order valence-corrected chi connectivity index (χ2v) is 6.59. The SMILES string of the molecule is CC(C)CCOC(=O)CS(=O)Cc1cccc(C(=O)O)c1. The van der Waals surface area contributed by atoms with Gasteiger partial charge in [0.2, 0.25) is 0 Å². The zero-order chi connectivity index (χ0) is 15.8. The van der Waals surface area contributed by atoms with Crippen molar-refractivity contribution in [3.8, 4) is 0 Å². The van der Waals surface area contributed by atoms with Crippen LogP contribution in [0.5, 0.6) is 0 Å². The van der Waals surface area contributed by atoms with E-state index in [1.807, 2.05) is 13.8 Å². The minimum Gasteiger partial charge on any atom is -0.478 e. The Balaban J connectivity index is 2.44. The molecule has 1 aromatic rings. The van der Waals surface area contributed by atoms with Crippen molar-refractivity contribution in [1.82, 2.24) is 0 Å². The van der Waals surface area contributed by atoms with Crippen LogP contribution >= 0.6 is 0 Å². The smallest absolute Gasteiger partial charge is 0.335 e. The molecule has 1 aromatic carbocycles. The molecule has 1 atom stereocenters. The first-order valence-electron chi connectivity index (χ1n) is 6.71. The van der Waals surface area contributed by atoms with Gasteiger partial charge in [-0.3, -0.25) is 9.00 Å². The average Bonchev–Trinajstić information content (AvgIpc) is 2.38. The first-order valence-corrected chi connectivity index (χ1v) is 8.20. The first kappa shape index (κ1) is 17.4. The fourth-order valence-electron chi connectivity index (χ4n) is 1.61. The van der Waals surface area contributed by atoms with Gasteiger partial charge >= 0.3 is 11.9 Å². The number of hydrogen-bond acceptors (Lipinski definition) is 4. The number of carbonyl (C=O) groups excluding carboxylic acids is 1. The van der Waals surface area contributed by atoms with Crippen molar-refractivity contribution in [2.24, 2.45) is 5.92 Å². The molecule has 116 valence electrons. The van der Waals surface area contributed by atoms with Crippen molar-refractivity contribution < 1.29 is 23.6 Å². The summed E-state index contributed by atoms with van der Waals surface area (Å²) in [5.74, 6) is -1.10. The predicted molar refractivity (Wildman–Crippen MR) is 80.5 cm³/mol. The Morgan fingerprint density at radius 2 is 2.05 bits per heavy atom. The van der Waals surface area contributed by atoms with E-state index in [-0.39, 0.29) is 17.1 Å². The molecule has 21 heavy (non-hydrogen) atoms. The summed E-state index contributed by atoms with van der Waals surface area (Å²) in [5.41, 5.74) is 0.771. The van der Waals surface area contributed by atoms with Gasteiger partial charge in [-0.2, -0.15) is 0 Å². The number of esters is 1. The van der Waals surface area contributed by atoms with Gasteiger partial charge in [-0.1, -0.05) is 26.0 Å². The molecule has 0 spiro atoms. The first-order chi connectivity index (χ1) is 9.88. The van der Waals surface area contributed by atoms with E-state index in [1.165, 1.54) is 12.1 Å². The van der Waals surface area contributed by atoms with Crippen molar-refractivity contribution in [2.75, 3.05) is 12.4 Å². The molecule has 0 heterocycles.